The summed E-state index contributed by atoms with van der Waals surface area (Å²) >= 11 is 0. The molecule has 0 radical (unpaired) electrons. The molecule has 0 spiro atoms. The van der Waals surface area contributed by atoms with E-state index in [0.717, 1.165) is 50.2 Å². The van der Waals surface area contributed by atoms with Gasteiger partial charge in [0.2, 0.25) is 0 Å². The average Bonchev–Trinajstić information content (AvgIpc) is 3.80. The number of rotatable bonds is 4. The van der Waals surface area contributed by atoms with Gasteiger partial charge in [0.1, 0.15) is 11.3 Å². The molecule has 0 N–H and O–H groups in total. The van der Waals surface area contributed by atoms with Crippen molar-refractivity contribution in [2.45, 2.75) is 19.3 Å². The molecule has 0 fully saturated rings. The number of hydrogen-bond donors (Lipinski definition) is 0. The largest absolute Gasteiger partial charge is 0.454 e. The van der Waals surface area contributed by atoms with Crippen LogP contribution in [0.4, 0.5) is 0 Å². The maximum Gasteiger partial charge on any atom is 0.162 e. The van der Waals surface area contributed by atoms with Gasteiger partial charge in [-0.05, 0) is 64.7 Å². The lowest BCUT2D eigenvalue weighted by atomic mass is 9.82. The van der Waals surface area contributed by atoms with Gasteiger partial charge in [-0.2, -0.15) is 0 Å². The van der Waals surface area contributed by atoms with Crippen LogP contribution in [0.15, 0.2) is 156 Å². The highest BCUT2D eigenvalue weighted by molar-refractivity contribution is 6.09. The van der Waals surface area contributed by atoms with Crippen molar-refractivity contribution in [1.29, 1.82) is 0 Å². The average molecular weight is 630 g/mol. The first kappa shape index (κ1) is 27.8. The molecule has 0 saturated heterocycles. The van der Waals surface area contributed by atoms with Crippen LogP contribution in [0.3, 0.4) is 0 Å². The van der Waals surface area contributed by atoms with Gasteiger partial charge in [-0.1, -0.05) is 123 Å². The number of furan rings is 1. The molecular formula is C45H31N3O. The highest BCUT2D eigenvalue weighted by atomic mass is 16.3. The van der Waals surface area contributed by atoms with Crippen LogP contribution in [0.1, 0.15) is 25.0 Å². The van der Waals surface area contributed by atoms with Crippen LogP contribution >= 0.6 is 0 Å². The zero-order valence-corrected chi connectivity index (χ0v) is 27.2. The molecule has 0 saturated carbocycles. The van der Waals surface area contributed by atoms with Crippen molar-refractivity contribution in [3.8, 4) is 50.9 Å². The minimum Gasteiger partial charge on any atom is -0.454 e. The number of benzene rings is 6. The first-order valence-corrected chi connectivity index (χ1v) is 16.8. The molecule has 3 heterocycles. The highest BCUT2D eigenvalue weighted by Crippen LogP contribution is 2.52. The molecule has 1 aliphatic rings. The topological polar surface area (TPSA) is 43.9 Å². The molecule has 0 bridgehead atoms. The van der Waals surface area contributed by atoms with E-state index >= 15 is 0 Å². The fourth-order valence-electron chi connectivity index (χ4n) is 7.95. The van der Waals surface area contributed by atoms with Crippen LogP contribution in [0, 0.1) is 0 Å². The predicted molar refractivity (Wildman–Crippen MR) is 200 cm³/mol. The summed E-state index contributed by atoms with van der Waals surface area (Å²) in [7, 11) is 0. The monoisotopic (exact) mass is 629 g/mol. The number of nitrogens with zero attached hydrogens (tertiary/aromatic N) is 3. The lowest BCUT2D eigenvalue weighted by Crippen LogP contribution is -2.14. The fraction of sp³-hybridized carbons (Fsp3) is 0.0667. The molecule has 3 aromatic heterocycles. The van der Waals surface area contributed by atoms with Gasteiger partial charge in [0, 0.05) is 32.7 Å². The number of hydrogen-bond acceptors (Lipinski definition) is 3. The Morgan fingerprint density at radius 3 is 1.94 bits per heavy atom. The van der Waals surface area contributed by atoms with Crippen molar-refractivity contribution in [2.75, 3.05) is 0 Å². The van der Waals surface area contributed by atoms with Crippen molar-refractivity contribution in [3.05, 3.63) is 163 Å². The van der Waals surface area contributed by atoms with E-state index in [1.165, 1.54) is 33.0 Å². The maximum atomic E-state index is 6.44. The molecule has 10 rings (SSSR count). The Balaban J connectivity index is 1.26. The zero-order chi connectivity index (χ0) is 32.7. The number of para-hydroxylation sites is 4. The van der Waals surface area contributed by atoms with Gasteiger partial charge < -0.3 is 8.98 Å². The first-order valence-electron chi connectivity index (χ1n) is 16.8. The van der Waals surface area contributed by atoms with E-state index < -0.39 is 0 Å². The van der Waals surface area contributed by atoms with Gasteiger partial charge in [-0.15, -0.1) is 0 Å². The zero-order valence-electron chi connectivity index (χ0n) is 27.2. The van der Waals surface area contributed by atoms with E-state index in [4.69, 9.17) is 14.4 Å². The molecule has 49 heavy (non-hydrogen) atoms. The van der Waals surface area contributed by atoms with Gasteiger partial charge in [0.15, 0.2) is 11.6 Å². The maximum absolute atomic E-state index is 6.44. The van der Waals surface area contributed by atoms with Crippen molar-refractivity contribution in [3.63, 3.8) is 0 Å². The second kappa shape index (κ2) is 10.4. The highest BCUT2D eigenvalue weighted by Gasteiger charge is 2.37. The first-order chi connectivity index (χ1) is 24.1. The summed E-state index contributed by atoms with van der Waals surface area (Å²) in [5, 5.41) is 3.47. The molecular weight excluding hydrogens is 599 g/mol. The quantitative estimate of drug-likeness (QED) is 0.195. The van der Waals surface area contributed by atoms with E-state index in [1.54, 1.807) is 0 Å². The van der Waals surface area contributed by atoms with E-state index in [9.17, 15) is 0 Å². The molecule has 232 valence electrons. The van der Waals surface area contributed by atoms with E-state index in [2.05, 4.69) is 152 Å². The van der Waals surface area contributed by atoms with Crippen LogP contribution in [-0.4, -0.2) is 14.5 Å². The molecule has 4 nitrogen and oxygen atoms in total. The van der Waals surface area contributed by atoms with Crippen molar-refractivity contribution < 1.29 is 4.42 Å². The normalized spacial score (nSPS) is 13.3. The van der Waals surface area contributed by atoms with E-state index in [-0.39, 0.29) is 5.41 Å². The van der Waals surface area contributed by atoms with Crippen LogP contribution < -0.4 is 0 Å². The summed E-state index contributed by atoms with van der Waals surface area (Å²) in [4.78, 5) is 10.7. The smallest absolute Gasteiger partial charge is 0.162 e. The van der Waals surface area contributed by atoms with Crippen molar-refractivity contribution in [1.82, 2.24) is 14.5 Å². The molecule has 6 aromatic carbocycles. The molecule has 0 amide bonds. The summed E-state index contributed by atoms with van der Waals surface area (Å²) in [6.07, 6.45) is 0. The Kier molecular flexibility index (Phi) is 5.89. The summed E-state index contributed by atoms with van der Waals surface area (Å²) in [6, 6.07) is 53.3. The Morgan fingerprint density at radius 2 is 1.14 bits per heavy atom. The molecule has 0 unspecified atom stereocenters. The number of aromatic nitrogens is 3. The van der Waals surface area contributed by atoms with E-state index in [1.807, 2.05) is 18.2 Å². The molecule has 0 aliphatic heterocycles. The SMILES string of the molecule is CC1(C)c2ccccc2-c2c(-c3cc(-c4cc5ccccc5o4)nc(-c4ccccc4-n4c5ccccc5c5ccccc54)n3)cccc21. The molecule has 4 heteroatoms. The Labute approximate surface area is 284 Å². The van der Waals surface area contributed by atoms with Gasteiger partial charge in [0.25, 0.3) is 0 Å². The third-order valence-electron chi connectivity index (χ3n) is 10.3. The minimum atomic E-state index is -0.123. The Morgan fingerprint density at radius 1 is 0.531 bits per heavy atom. The Hall–Kier alpha value is -6.26. The summed E-state index contributed by atoms with van der Waals surface area (Å²) < 4.78 is 8.78. The van der Waals surface area contributed by atoms with Gasteiger partial charge in [-0.3, -0.25) is 0 Å². The third-order valence-corrected chi connectivity index (χ3v) is 10.3. The van der Waals surface area contributed by atoms with Gasteiger partial charge >= 0.3 is 0 Å². The summed E-state index contributed by atoms with van der Waals surface area (Å²) in [5.74, 6) is 1.36. The standard InChI is InChI=1S/C45H31N3O/c1-45(2)34-20-8-4-17-31(34)43-32(19-13-21-35(43)45)36-27-37(42-26-28-14-3-12-25-41(28)49-42)47-44(46-36)33-18-7-11-24-40(33)48-38-22-9-5-15-29(38)30-16-6-10-23-39(30)48/h3-27H,1-2H3. The predicted octanol–water partition coefficient (Wildman–Crippen LogP) is 11.6. The fourth-order valence-corrected chi connectivity index (χ4v) is 7.95. The molecule has 0 atom stereocenters. The van der Waals surface area contributed by atoms with Crippen LogP contribution in [0.2, 0.25) is 0 Å². The second-order valence-corrected chi connectivity index (χ2v) is 13.4. The van der Waals surface area contributed by atoms with Crippen molar-refractivity contribution >= 4 is 32.8 Å². The second-order valence-electron chi connectivity index (χ2n) is 13.4. The van der Waals surface area contributed by atoms with Gasteiger partial charge in [0.05, 0.1) is 22.4 Å². The number of fused-ring (bicyclic) bond motifs is 7. The molecule has 1 aliphatic carbocycles. The summed E-state index contributed by atoms with van der Waals surface area (Å²) in [5.41, 5.74) is 12.8. The van der Waals surface area contributed by atoms with E-state index in [0.29, 0.717) is 11.6 Å². The van der Waals surface area contributed by atoms with Crippen LogP contribution in [0.5, 0.6) is 0 Å². The minimum absolute atomic E-state index is 0.123. The van der Waals surface area contributed by atoms with Crippen molar-refractivity contribution in [2.24, 2.45) is 0 Å². The lowest BCUT2D eigenvalue weighted by molar-refractivity contribution is 0.628. The van der Waals surface area contributed by atoms with Crippen LogP contribution in [0.25, 0.3) is 83.7 Å². The van der Waals surface area contributed by atoms with Crippen LogP contribution in [-0.2, 0) is 5.41 Å². The lowest BCUT2D eigenvalue weighted by Gasteiger charge is -2.21. The molecule has 9 aromatic rings. The summed E-state index contributed by atoms with van der Waals surface area (Å²) in [6.45, 7) is 4.63. The van der Waals surface area contributed by atoms with Gasteiger partial charge in [-0.25, -0.2) is 9.97 Å². The third kappa shape index (κ3) is 4.10. The Bertz CT molecular complexity index is 2680.